The van der Waals surface area contributed by atoms with Crippen LogP contribution in [0.2, 0.25) is 10.0 Å². The summed E-state index contributed by atoms with van der Waals surface area (Å²) in [5.74, 6) is -0.0903. The van der Waals surface area contributed by atoms with Gasteiger partial charge in [0.1, 0.15) is 0 Å². The van der Waals surface area contributed by atoms with Gasteiger partial charge >= 0.3 is 0 Å². The molecular weight excluding hydrogens is 317 g/mol. The predicted molar refractivity (Wildman–Crippen MR) is 93.9 cm³/mol. The van der Waals surface area contributed by atoms with E-state index in [2.05, 4.69) is 18.3 Å². The molecule has 0 spiro atoms. The molecule has 0 fully saturated rings. The lowest BCUT2D eigenvalue weighted by Crippen LogP contribution is -2.23. The largest absolute Gasteiger partial charge is 0.388 e. The molecule has 0 aliphatic carbocycles. The van der Waals surface area contributed by atoms with Gasteiger partial charge in [-0.15, -0.1) is 0 Å². The average molecular weight is 338 g/mol. The highest BCUT2D eigenvalue weighted by molar-refractivity contribution is 6.42. The quantitative estimate of drug-likeness (QED) is 0.807. The van der Waals surface area contributed by atoms with E-state index in [9.17, 15) is 5.11 Å². The molecule has 0 heterocycles. The second kappa shape index (κ2) is 7.98. The highest BCUT2D eigenvalue weighted by Gasteiger charge is 2.24. The average Bonchev–Trinajstić information content (AvgIpc) is 2.54. The van der Waals surface area contributed by atoms with Crippen LogP contribution in [0.4, 0.5) is 0 Å². The SMILES string of the molecule is CCc1ccccc1[C@@H](O)C(CNC)c1ccc(Cl)c(Cl)c1. The van der Waals surface area contributed by atoms with Gasteiger partial charge in [-0.2, -0.15) is 0 Å². The monoisotopic (exact) mass is 337 g/mol. The molecule has 0 saturated carbocycles. The van der Waals surface area contributed by atoms with Gasteiger partial charge in [0.05, 0.1) is 16.1 Å². The molecule has 0 aromatic heterocycles. The van der Waals surface area contributed by atoms with Crippen LogP contribution < -0.4 is 5.32 Å². The van der Waals surface area contributed by atoms with Crippen molar-refractivity contribution in [3.05, 3.63) is 69.2 Å². The summed E-state index contributed by atoms with van der Waals surface area (Å²) in [5.41, 5.74) is 3.11. The zero-order chi connectivity index (χ0) is 16.1. The number of aryl methyl sites for hydroxylation is 1. The molecule has 1 unspecified atom stereocenters. The number of hydrogen-bond acceptors (Lipinski definition) is 2. The van der Waals surface area contributed by atoms with E-state index in [1.807, 2.05) is 37.4 Å². The number of hydrogen-bond donors (Lipinski definition) is 2. The van der Waals surface area contributed by atoms with Crippen molar-refractivity contribution in [1.82, 2.24) is 5.32 Å². The third kappa shape index (κ3) is 3.82. The minimum Gasteiger partial charge on any atom is -0.388 e. The summed E-state index contributed by atoms with van der Waals surface area (Å²) in [7, 11) is 1.88. The molecule has 0 radical (unpaired) electrons. The molecule has 2 N–H and O–H groups in total. The molecule has 22 heavy (non-hydrogen) atoms. The number of benzene rings is 2. The second-order valence-electron chi connectivity index (χ2n) is 5.33. The van der Waals surface area contributed by atoms with Crippen molar-refractivity contribution in [2.24, 2.45) is 0 Å². The van der Waals surface area contributed by atoms with Crippen LogP contribution in [0.5, 0.6) is 0 Å². The van der Waals surface area contributed by atoms with Crippen molar-refractivity contribution >= 4 is 23.2 Å². The lowest BCUT2D eigenvalue weighted by Gasteiger charge is -2.25. The van der Waals surface area contributed by atoms with Crippen LogP contribution in [-0.2, 0) is 6.42 Å². The summed E-state index contributed by atoms with van der Waals surface area (Å²) in [6.07, 6.45) is 0.293. The molecule has 0 aliphatic rings. The summed E-state index contributed by atoms with van der Waals surface area (Å²) in [6, 6.07) is 13.6. The summed E-state index contributed by atoms with van der Waals surface area (Å²) in [6.45, 7) is 2.75. The fourth-order valence-corrected chi connectivity index (χ4v) is 3.04. The lowest BCUT2D eigenvalue weighted by atomic mass is 9.86. The van der Waals surface area contributed by atoms with E-state index in [-0.39, 0.29) is 5.92 Å². The van der Waals surface area contributed by atoms with Gasteiger partial charge in [-0.3, -0.25) is 0 Å². The maximum Gasteiger partial charge on any atom is 0.0873 e. The molecule has 4 heteroatoms. The van der Waals surface area contributed by atoms with Gasteiger partial charge in [0.25, 0.3) is 0 Å². The van der Waals surface area contributed by atoms with Gasteiger partial charge in [0.15, 0.2) is 0 Å². The van der Waals surface area contributed by atoms with Gasteiger partial charge in [0, 0.05) is 12.5 Å². The molecule has 118 valence electrons. The predicted octanol–water partition coefficient (Wildman–Crippen LogP) is 4.59. The van der Waals surface area contributed by atoms with E-state index < -0.39 is 6.10 Å². The number of rotatable bonds is 6. The van der Waals surface area contributed by atoms with Crippen LogP contribution in [-0.4, -0.2) is 18.7 Å². The molecule has 2 rings (SSSR count). The fourth-order valence-electron chi connectivity index (χ4n) is 2.74. The Kier molecular flexibility index (Phi) is 6.27. The molecule has 2 nitrogen and oxygen atoms in total. The highest BCUT2D eigenvalue weighted by atomic mass is 35.5. The Labute approximate surface area is 142 Å². The van der Waals surface area contributed by atoms with Crippen molar-refractivity contribution in [3.63, 3.8) is 0 Å². The Morgan fingerprint density at radius 2 is 1.82 bits per heavy atom. The Morgan fingerprint density at radius 3 is 2.45 bits per heavy atom. The van der Waals surface area contributed by atoms with E-state index in [0.717, 1.165) is 23.1 Å². The Bertz CT molecular complexity index is 630. The van der Waals surface area contributed by atoms with E-state index in [0.29, 0.717) is 16.6 Å². The van der Waals surface area contributed by atoms with Gasteiger partial charge in [-0.05, 0) is 42.3 Å². The first-order valence-electron chi connectivity index (χ1n) is 7.43. The standard InChI is InChI=1S/C18H21Cl2NO/c1-3-12-6-4-5-7-14(12)18(22)15(11-21-2)13-8-9-16(19)17(20)10-13/h4-10,15,18,21-22H,3,11H2,1-2H3/t15?,18-/m1/s1. The van der Waals surface area contributed by atoms with Crippen LogP contribution in [0.25, 0.3) is 0 Å². The molecule has 2 atom stereocenters. The smallest absolute Gasteiger partial charge is 0.0873 e. The molecule has 2 aromatic carbocycles. The molecule has 0 bridgehead atoms. The zero-order valence-corrected chi connectivity index (χ0v) is 14.3. The number of aliphatic hydroxyl groups excluding tert-OH is 1. The van der Waals surface area contributed by atoms with Gasteiger partial charge < -0.3 is 10.4 Å². The van der Waals surface area contributed by atoms with Crippen LogP contribution in [0, 0.1) is 0 Å². The summed E-state index contributed by atoms with van der Waals surface area (Å²) in [4.78, 5) is 0. The van der Waals surface area contributed by atoms with Gasteiger partial charge in [0.2, 0.25) is 0 Å². The first-order chi connectivity index (χ1) is 10.6. The van der Waals surface area contributed by atoms with E-state index in [4.69, 9.17) is 23.2 Å². The van der Waals surface area contributed by atoms with Gasteiger partial charge in [-0.1, -0.05) is 60.5 Å². The normalized spacial score (nSPS) is 13.9. The van der Waals surface area contributed by atoms with Crippen LogP contribution in [0.1, 0.15) is 35.6 Å². The Hall–Kier alpha value is -1.06. The van der Waals surface area contributed by atoms with Crippen LogP contribution in [0.3, 0.4) is 0 Å². The number of halogens is 2. The molecule has 0 saturated heterocycles. The molecule has 0 amide bonds. The third-order valence-electron chi connectivity index (χ3n) is 3.93. The van der Waals surface area contributed by atoms with E-state index in [1.54, 1.807) is 6.07 Å². The third-order valence-corrected chi connectivity index (χ3v) is 4.67. The minimum absolute atomic E-state index is 0.0903. The second-order valence-corrected chi connectivity index (χ2v) is 6.15. The number of aliphatic hydroxyl groups is 1. The maximum atomic E-state index is 10.9. The Balaban J connectivity index is 2.40. The van der Waals surface area contributed by atoms with E-state index in [1.165, 1.54) is 0 Å². The highest BCUT2D eigenvalue weighted by Crippen LogP contribution is 2.35. The Morgan fingerprint density at radius 1 is 1.09 bits per heavy atom. The van der Waals surface area contributed by atoms with Crippen LogP contribution in [0.15, 0.2) is 42.5 Å². The molecule has 0 aliphatic heterocycles. The maximum absolute atomic E-state index is 10.9. The van der Waals surface area contributed by atoms with Crippen molar-refractivity contribution in [2.75, 3.05) is 13.6 Å². The van der Waals surface area contributed by atoms with Crippen molar-refractivity contribution in [1.29, 1.82) is 0 Å². The first kappa shape index (κ1) is 17.3. The molecule has 2 aromatic rings. The summed E-state index contributed by atoms with van der Waals surface area (Å²) >= 11 is 12.1. The first-order valence-corrected chi connectivity index (χ1v) is 8.19. The topological polar surface area (TPSA) is 32.3 Å². The summed E-state index contributed by atoms with van der Waals surface area (Å²) < 4.78 is 0. The minimum atomic E-state index is -0.596. The van der Waals surface area contributed by atoms with Gasteiger partial charge in [-0.25, -0.2) is 0 Å². The fraction of sp³-hybridized carbons (Fsp3) is 0.333. The summed E-state index contributed by atoms with van der Waals surface area (Å²) in [5, 5.41) is 15.1. The van der Waals surface area contributed by atoms with E-state index >= 15 is 0 Å². The lowest BCUT2D eigenvalue weighted by molar-refractivity contribution is 0.143. The van der Waals surface area contributed by atoms with Crippen molar-refractivity contribution in [2.45, 2.75) is 25.4 Å². The number of likely N-dealkylation sites (N-methyl/N-ethyl adjacent to an activating group) is 1. The van der Waals surface area contributed by atoms with Crippen molar-refractivity contribution < 1.29 is 5.11 Å². The molecular formula is C18H21Cl2NO. The van der Waals surface area contributed by atoms with Crippen LogP contribution >= 0.6 is 23.2 Å². The zero-order valence-electron chi connectivity index (χ0n) is 12.8. The number of nitrogens with one attached hydrogen (secondary N) is 1. The van der Waals surface area contributed by atoms with Crippen molar-refractivity contribution in [3.8, 4) is 0 Å².